The van der Waals surface area contributed by atoms with Gasteiger partial charge in [-0.05, 0) is 37.5 Å². The molecule has 0 aromatic heterocycles. The van der Waals surface area contributed by atoms with Crippen molar-refractivity contribution in [3.8, 4) is 0 Å². The summed E-state index contributed by atoms with van der Waals surface area (Å²) in [6, 6.07) is 4.25. The van der Waals surface area contributed by atoms with Gasteiger partial charge in [0.1, 0.15) is 5.82 Å². The number of nitrogens with zero attached hydrogens (tertiary/aromatic N) is 1. The van der Waals surface area contributed by atoms with Crippen molar-refractivity contribution in [2.24, 2.45) is 0 Å². The molecule has 1 aromatic carbocycles. The number of rotatable bonds is 2. The van der Waals surface area contributed by atoms with Crippen molar-refractivity contribution in [1.29, 1.82) is 0 Å². The number of carbonyl (C=O) groups excluding carboxylic acids is 1. The van der Waals surface area contributed by atoms with E-state index in [4.69, 9.17) is 0 Å². The highest BCUT2D eigenvalue weighted by Gasteiger charge is 2.34. The minimum Gasteiger partial charge on any atom is -0.465 e. The van der Waals surface area contributed by atoms with Crippen LogP contribution in [0.2, 0.25) is 0 Å². The first-order valence-corrected chi connectivity index (χ1v) is 6.98. The normalized spacial score (nSPS) is 24.9. The number of halogens is 1. The second-order valence-corrected chi connectivity index (χ2v) is 5.60. The third-order valence-electron chi connectivity index (χ3n) is 4.34. The summed E-state index contributed by atoms with van der Waals surface area (Å²) in [7, 11) is 1.27. The van der Waals surface area contributed by atoms with Crippen LogP contribution in [-0.2, 0) is 4.74 Å². The van der Waals surface area contributed by atoms with E-state index in [0.717, 1.165) is 25.2 Å². The van der Waals surface area contributed by atoms with E-state index in [2.05, 4.69) is 15.0 Å². The number of aryl methyl sites for hydroxylation is 1. The van der Waals surface area contributed by atoms with Gasteiger partial charge in [0, 0.05) is 30.9 Å². The third kappa shape index (κ3) is 2.16. The predicted molar refractivity (Wildman–Crippen MR) is 74.6 cm³/mol. The smallest absolute Gasteiger partial charge is 0.341 e. The highest BCUT2D eigenvalue weighted by atomic mass is 19.1. The third-order valence-corrected chi connectivity index (χ3v) is 4.34. The van der Waals surface area contributed by atoms with Crippen LogP contribution in [0.25, 0.3) is 0 Å². The number of piperidine rings is 2. The molecule has 3 aliphatic rings. The molecule has 2 bridgehead atoms. The van der Waals surface area contributed by atoms with Gasteiger partial charge in [-0.25, -0.2) is 9.18 Å². The lowest BCUT2D eigenvalue weighted by Crippen LogP contribution is -2.61. The van der Waals surface area contributed by atoms with Crippen molar-refractivity contribution in [2.75, 3.05) is 25.1 Å². The number of fused-ring (bicyclic) bond motifs is 3. The Morgan fingerprint density at radius 3 is 2.75 bits per heavy atom. The summed E-state index contributed by atoms with van der Waals surface area (Å²) >= 11 is 0. The van der Waals surface area contributed by atoms with E-state index in [1.54, 1.807) is 6.92 Å². The molecule has 4 rings (SSSR count). The van der Waals surface area contributed by atoms with Gasteiger partial charge < -0.3 is 15.0 Å². The number of piperazine rings is 1. The number of hydrogen-bond donors (Lipinski definition) is 1. The Hall–Kier alpha value is -1.62. The van der Waals surface area contributed by atoms with Crippen LogP contribution in [0.3, 0.4) is 0 Å². The summed E-state index contributed by atoms with van der Waals surface area (Å²) in [5.74, 6) is -1.12. The molecular weight excluding hydrogens is 259 g/mol. The lowest BCUT2D eigenvalue weighted by Gasteiger charge is -2.47. The first-order valence-electron chi connectivity index (χ1n) is 6.98. The largest absolute Gasteiger partial charge is 0.465 e. The van der Waals surface area contributed by atoms with Gasteiger partial charge in [0.2, 0.25) is 0 Å². The lowest BCUT2D eigenvalue weighted by atomic mass is 9.92. The van der Waals surface area contributed by atoms with E-state index < -0.39 is 11.8 Å². The highest BCUT2D eigenvalue weighted by molar-refractivity contribution is 5.91. The molecule has 0 spiro atoms. The van der Waals surface area contributed by atoms with E-state index in [9.17, 15) is 9.18 Å². The maximum atomic E-state index is 14.2. The Kier molecular flexibility index (Phi) is 3.38. The quantitative estimate of drug-likeness (QED) is 0.839. The molecule has 3 aliphatic heterocycles. The molecule has 4 nitrogen and oxygen atoms in total. The molecular formula is C15H19FN2O2. The second-order valence-electron chi connectivity index (χ2n) is 5.60. The zero-order valence-electron chi connectivity index (χ0n) is 11.8. The number of ether oxygens (including phenoxy) is 1. The second kappa shape index (κ2) is 5.05. The van der Waals surface area contributed by atoms with Crippen molar-refractivity contribution < 1.29 is 13.9 Å². The van der Waals surface area contributed by atoms with E-state index in [1.807, 2.05) is 6.07 Å². The number of hydrogen-bond acceptors (Lipinski definition) is 4. The highest BCUT2D eigenvalue weighted by Crippen LogP contribution is 2.30. The van der Waals surface area contributed by atoms with Gasteiger partial charge in [0.15, 0.2) is 0 Å². The Bertz CT molecular complexity index is 516. The van der Waals surface area contributed by atoms with Gasteiger partial charge >= 0.3 is 5.97 Å². The summed E-state index contributed by atoms with van der Waals surface area (Å²) in [4.78, 5) is 13.8. The van der Waals surface area contributed by atoms with Crippen molar-refractivity contribution in [3.05, 3.63) is 29.1 Å². The first-order chi connectivity index (χ1) is 9.60. The maximum Gasteiger partial charge on any atom is 0.341 e. The van der Waals surface area contributed by atoms with Crippen LogP contribution in [0, 0.1) is 12.7 Å². The van der Waals surface area contributed by atoms with Crippen LogP contribution in [0.5, 0.6) is 0 Å². The van der Waals surface area contributed by atoms with E-state index in [0.29, 0.717) is 17.6 Å². The minimum absolute atomic E-state index is 0.0385. The summed E-state index contributed by atoms with van der Waals surface area (Å²) in [5.41, 5.74) is 1.53. The Morgan fingerprint density at radius 1 is 1.45 bits per heavy atom. The Labute approximate surface area is 117 Å². The van der Waals surface area contributed by atoms with Crippen LogP contribution < -0.4 is 10.2 Å². The lowest BCUT2D eigenvalue weighted by molar-refractivity contribution is 0.0594. The van der Waals surface area contributed by atoms with Crippen LogP contribution in [0.4, 0.5) is 10.1 Å². The van der Waals surface area contributed by atoms with Gasteiger partial charge in [0.05, 0.1) is 12.7 Å². The predicted octanol–water partition coefficient (Wildman–Crippen LogP) is 1.86. The van der Waals surface area contributed by atoms with Crippen LogP contribution in [-0.4, -0.2) is 38.3 Å². The molecule has 5 heteroatoms. The Morgan fingerprint density at radius 2 is 2.25 bits per heavy atom. The SMILES string of the molecule is COC(=O)c1c(C)cc(N2CC3CCC2CN3)cc1F. The van der Waals surface area contributed by atoms with Gasteiger partial charge in [-0.15, -0.1) is 0 Å². The molecule has 0 amide bonds. The molecule has 0 aliphatic carbocycles. The van der Waals surface area contributed by atoms with E-state index in [1.165, 1.54) is 19.6 Å². The average molecular weight is 278 g/mol. The number of carbonyl (C=O) groups is 1. The molecule has 2 atom stereocenters. The van der Waals surface area contributed by atoms with Gasteiger partial charge in [-0.3, -0.25) is 0 Å². The monoisotopic (exact) mass is 278 g/mol. The van der Waals surface area contributed by atoms with Crippen LogP contribution >= 0.6 is 0 Å². The topological polar surface area (TPSA) is 41.6 Å². The zero-order valence-corrected chi connectivity index (χ0v) is 11.8. The summed E-state index contributed by atoms with van der Waals surface area (Å²) in [5, 5.41) is 3.48. The zero-order chi connectivity index (χ0) is 14.3. The maximum absolute atomic E-state index is 14.2. The molecule has 108 valence electrons. The molecule has 3 fully saturated rings. The van der Waals surface area contributed by atoms with Crippen molar-refractivity contribution >= 4 is 11.7 Å². The first kappa shape index (κ1) is 13.4. The van der Waals surface area contributed by atoms with Crippen molar-refractivity contribution in [1.82, 2.24) is 5.32 Å². The summed E-state index contributed by atoms with van der Waals surface area (Å²) in [6.45, 7) is 3.60. The number of nitrogens with one attached hydrogen (secondary N) is 1. The molecule has 1 N–H and O–H groups in total. The molecule has 0 saturated carbocycles. The van der Waals surface area contributed by atoms with Gasteiger partial charge in [-0.1, -0.05) is 0 Å². The van der Waals surface area contributed by atoms with Crippen LogP contribution in [0.15, 0.2) is 12.1 Å². The van der Waals surface area contributed by atoms with Gasteiger partial charge in [-0.2, -0.15) is 0 Å². The summed E-state index contributed by atoms with van der Waals surface area (Å²) in [6.07, 6.45) is 2.32. The number of esters is 1. The van der Waals surface area contributed by atoms with Gasteiger partial charge in [0.25, 0.3) is 0 Å². The fraction of sp³-hybridized carbons (Fsp3) is 0.533. The fourth-order valence-corrected chi connectivity index (χ4v) is 3.28. The van der Waals surface area contributed by atoms with E-state index in [-0.39, 0.29) is 5.56 Å². The number of methoxy groups -OCH3 is 1. The van der Waals surface area contributed by atoms with E-state index >= 15 is 0 Å². The minimum atomic E-state index is -0.617. The molecule has 3 heterocycles. The molecule has 20 heavy (non-hydrogen) atoms. The molecule has 3 saturated heterocycles. The number of anilines is 1. The molecule has 2 unspecified atom stereocenters. The van der Waals surface area contributed by atoms with Crippen LogP contribution in [0.1, 0.15) is 28.8 Å². The average Bonchev–Trinajstić information content (AvgIpc) is 2.47. The van der Waals surface area contributed by atoms with Crippen molar-refractivity contribution in [2.45, 2.75) is 31.8 Å². The number of benzene rings is 1. The Balaban J connectivity index is 1.94. The summed E-state index contributed by atoms with van der Waals surface area (Å²) < 4.78 is 18.8. The molecule has 0 radical (unpaired) electrons. The molecule has 1 aromatic rings. The fourth-order valence-electron chi connectivity index (χ4n) is 3.28. The standard InChI is InChI=1S/C15H19FN2O2/c1-9-5-12(6-13(16)14(9)15(19)20-2)18-8-10-3-4-11(18)7-17-10/h5-6,10-11,17H,3-4,7-8H2,1-2H3. The van der Waals surface area contributed by atoms with Crippen molar-refractivity contribution in [3.63, 3.8) is 0 Å².